The maximum Gasteiger partial charge on any atom is 0.142 e. The van der Waals surface area contributed by atoms with Crippen LogP contribution in [0.15, 0.2) is 30.5 Å². The number of nitrogens with zero attached hydrogens (tertiary/aromatic N) is 2. The summed E-state index contributed by atoms with van der Waals surface area (Å²) in [4.78, 5) is 8.45. The Morgan fingerprint density at radius 3 is 2.44 bits per heavy atom. The molecule has 0 aliphatic carbocycles. The first-order valence-corrected chi connectivity index (χ1v) is 4.94. The van der Waals surface area contributed by atoms with Crippen molar-refractivity contribution in [2.45, 2.75) is 6.92 Å². The summed E-state index contributed by atoms with van der Waals surface area (Å²) in [7, 11) is 1.64. The Labute approximate surface area is 94.1 Å². The van der Waals surface area contributed by atoms with Crippen LogP contribution in [0.25, 0.3) is 11.3 Å². The van der Waals surface area contributed by atoms with E-state index in [2.05, 4.69) is 9.97 Å². The van der Waals surface area contributed by atoms with E-state index in [9.17, 15) is 0 Å². The van der Waals surface area contributed by atoms with Gasteiger partial charge in [-0.05, 0) is 31.2 Å². The predicted molar refractivity (Wildman–Crippen MR) is 63.2 cm³/mol. The highest BCUT2D eigenvalue weighted by Crippen LogP contribution is 2.22. The molecule has 4 heteroatoms. The normalized spacial score (nSPS) is 10.1. The van der Waals surface area contributed by atoms with Gasteiger partial charge in [-0.1, -0.05) is 0 Å². The van der Waals surface area contributed by atoms with Gasteiger partial charge in [-0.3, -0.25) is 4.98 Å². The van der Waals surface area contributed by atoms with Crippen LogP contribution in [0.4, 0.5) is 5.82 Å². The molecular weight excluding hydrogens is 202 g/mol. The third-order valence-electron chi connectivity index (χ3n) is 2.33. The number of benzene rings is 1. The molecule has 0 aliphatic rings. The van der Waals surface area contributed by atoms with Gasteiger partial charge in [-0.2, -0.15) is 0 Å². The minimum absolute atomic E-state index is 0.440. The molecule has 0 unspecified atom stereocenters. The number of methoxy groups -OCH3 is 1. The number of anilines is 1. The van der Waals surface area contributed by atoms with E-state index in [1.807, 2.05) is 31.2 Å². The number of hydrogen-bond donors (Lipinski definition) is 1. The fraction of sp³-hybridized carbons (Fsp3) is 0.167. The smallest absolute Gasteiger partial charge is 0.142 e. The Balaban J connectivity index is 2.42. The van der Waals surface area contributed by atoms with E-state index >= 15 is 0 Å². The molecule has 1 aromatic heterocycles. The second-order valence-electron chi connectivity index (χ2n) is 3.46. The topological polar surface area (TPSA) is 61.0 Å². The van der Waals surface area contributed by atoms with Crippen molar-refractivity contribution in [2.75, 3.05) is 12.8 Å². The molecule has 0 saturated heterocycles. The second-order valence-corrected chi connectivity index (χ2v) is 3.46. The number of ether oxygens (including phenoxy) is 1. The lowest BCUT2D eigenvalue weighted by molar-refractivity contribution is 0.415. The maximum absolute atomic E-state index is 5.56. The lowest BCUT2D eigenvalue weighted by Crippen LogP contribution is -1.97. The maximum atomic E-state index is 5.56. The van der Waals surface area contributed by atoms with Crippen molar-refractivity contribution in [2.24, 2.45) is 0 Å². The molecule has 0 spiro atoms. The van der Waals surface area contributed by atoms with E-state index in [0.717, 1.165) is 22.7 Å². The molecule has 2 aromatic rings. The summed E-state index contributed by atoms with van der Waals surface area (Å²) in [6.45, 7) is 1.89. The van der Waals surface area contributed by atoms with Crippen LogP contribution in [0.2, 0.25) is 0 Å². The van der Waals surface area contributed by atoms with Gasteiger partial charge in [0.05, 0.1) is 24.7 Å². The van der Waals surface area contributed by atoms with E-state index in [0.29, 0.717) is 5.82 Å². The van der Waals surface area contributed by atoms with Gasteiger partial charge in [0.1, 0.15) is 11.6 Å². The summed E-state index contributed by atoms with van der Waals surface area (Å²) in [6.07, 6.45) is 1.56. The molecule has 0 fully saturated rings. The molecular formula is C12H13N3O. The zero-order valence-electron chi connectivity index (χ0n) is 9.27. The van der Waals surface area contributed by atoms with Crippen LogP contribution < -0.4 is 10.5 Å². The first-order valence-electron chi connectivity index (χ1n) is 4.94. The van der Waals surface area contributed by atoms with Gasteiger partial charge in [0.25, 0.3) is 0 Å². The molecule has 4 nitrogen and oxygen atoms in total. The number of hydrogen-bond acceptors (Lipinski definition) is 4. The van der Waals surface area contributed by atoms with E-state index in [4.69, 9.17) is 10.5 Å². The molecule has 16 heavy (non-hydrogen) atoms. The number of aromatic nitrogens is 2. The highest BCUT2D eigenvalue weighted by atomic mass is 16.5. The minimum Gasteiger partial charge on any atom is -0.497 e. The predicted octanol–water partition coefficient (Wildman–Crippen LogP) is 2.04. The fourth-order valence-electron chi connectivity index (χ4n) is 1.53. The summed E-state index contributed by atoms with van der Waals surface area (Å²) in [5.74, 6) is 1.26. The van der Waals surface area contributed by atoms with Crippen LogP contribution in [0.3, 0.4) is 0 Å². The zero-order chi connectivity index (χ0) is 11.5. The average Bonchev–Trinajstić information content (AvgIpc) is 2.29. The van der Waals surface area contributed by atoms with Gasteiger partial charge in [0.2, 0.25) is 0 Å². The van der Waals surface area contributed by atoms with Crippen LogP contribution in [-0.4, -0.2) is 17.1 Å². The van der Waals surface area contributed by atoms with Crippen molar-refractivity contribution in [3.63, 3.8) is 0 Å². The van der Waals surface area contributed by atoms with Crippen molar-refractivity contribution in [3.8, 4) is 17.0 Å². The highest BCUT2D eigenvalue weighted by Gasteiger charge is 2.05. The summed E-state index contributed by atoms with van der Waals surface area (Å²) >= 11 is 0. The Morgan fingerprint density at radius 1 is 1.19 bits per heavy atom. The first kappa shape index (κ1) is 10.4. The molecule has 1 aromatic carbocycles. The number of nitrogen functional groups attached to an aromatic ring is 1. The average molecular weight is 215 g/mol. The summed E-state index contributed by atoms with van der Waals surface area (Å²) < 4.78 is 5.10. The first-order chi connectivity index (χ1) is 7.70. The van der Waals surface area contributed by atoms with Crippen molar-refractivity contribution in [1.82, 2.24) is 9.97 Å². The van der Waals surface area contributed by atoms with E-state index < -0.39 is 0 Å². The lowest BCUT2D eigenvalue weighted by atomic mass is 10.1. The number of rotatable bonds is 2. The summed E-state index contributed by atoms with van der Waals surface area (Å²) in [5, 5.41) is 0. The Hall–Kier alpha value is -2.10. The summed E-state index contributed by atoms with van der Waals surface area (Å²) in [6, 6.07) is 7.69. The molecule has 0 amide bonds. The van der Waals surface area contributed by atoms with Crippen molar-refractivity contribution in [3.05, 3.63) is 36.2 Å². The van der Waals surface area contributed by atoms with Crippen LogP contribution in [0.5, 0.6) is 5.75 Å². The van der Waals surface area contributed by atoms with Gasteiger partial charge in [-0.15, -0.1) is 0 Å². The standard InChI is InChI=1S/C12H13N3O/c1-8-12(14-7-11(13)15-8)9-3-5-10(16-2)6-4-9/h3-7H,1-2H3,(H2,13,15). The Kier molecular flexibility index (Phi) is 2.72. The van der Waals surface area contributed by atoms with Crippen LogP contribution in [0.1, 0.15) is 5.69 Å². The quantitative estimate of drug-likeness (QED) is 0.832. The van der Waals surface area contributed by atoms with Gasteiger partial charge in [-0.25, -0.2) is 4.98 Å². The largest absolute Gasteiger partial charge is 0.497 e. The fourth-order valence-corrected chi connectivity index (χ4v) is 1.53. The van der Waals surface area contributed by atoms with Crippen molar-refractivity contribution >= 4 is 5.82 Å². The zero-order valence-corrected chi connectivity index (χ0v) is 9.27. The molecule has 1 heterocycles. The van der Waals surface area contributed by atoms with Gasteiger partial charge in [0, 0.05) is 5.56 Å². The molecule has 0 aliphatic heterocycles. The minimum atomic E-state index is 0.440. The molecule has 0 atom stereocenters. The van der Waals surface area contributed by atoms with Gasteiger partial charge in [0.15, 0.2) is 0 Å². The van der Waals surface area contributed by atoms with Crippen molar-refractivity contribution in [1.29, 1.82) is 0 Å². The molecule has 0 radical (unpaired) electrons. The number of nitrogens with two attached hydrogens (primary N) is 1. The molecule has 82 valence electrons. The summed E-state index contributed by atoms with van der Waals surface area (Å²) in [5.41, 5.74) is 8.23. The lowest BCUT2D eigenvalue weighted by Gasteiger charge is -2.05. The van der Waals surface area contributed by atoms with Gasteiger partial charge >= 0.3 is 0 Å². The molecule has 2 rings (SSSR count). The third kappa shape index (κ3) is 1.95. The highest BCUT2D eigenvalue weighted by molar-refractivity contribution is 5.62. The van der Waals surface area contributed by atoms with Crippen LogP contribution in [-0.2, 0) is 0 Å². The van der Waals surface area contributed by atoms with E-state index in [1.165, 1.54) is 0 Å². The molecule has 0 saturated carbocycles. The second kappa shape index (κ2) is 4.18. The SMILES string of the molecule is COc1ccc(-c2ncc(N)nc2C)cc1. The monoisotopic (exact) mass is 215 g/mol. The molecule has 2 N–H and O–H groups in total. The van der Waals surface area contributed by atoms with E-state index in [1.54, 1.807) is 13.3 Å². The van der Waals surface area contributed by atoms with Crippen LogP contribution in [0, 0.1) is 6.92 Å². The van der Waals surface area contributed by atoms with E-state index in [-0.39, 0.29) is 0 Å². The Bertz CT molecular complexity index is 494. The van der Waals surface area contributed by atoms with Crippen LogP contribution >= 0.6 is 0 Å². The number of aryl methyl sites for hydroxylation is 1. The van der Waals surface area contributed by atoms with Crippen molar-refractivity contribution < 1.29 is 4.74 Å². The van der Waals surface area contributed by atoms with Gasteiger partial charge < -0.3 is 10.5 Å². The molecule has 0 bridgehead atoms. The third-order valence-corrected chi connectivity index (χ3v) is 2.33. The Morgan fingerprint density at radius 2 is 1.88 bits per heavy atom.